The predicted molar refractivity (Wildman–Crippen MR) is 81.4 cm³/mol. The number of hydrogen-bond donors (Lipinski definition) is 1. The van der Waals surface area contributed by atoms with E-state index in [1.54, 1.807) is 0 Å². The lowest BCUT2D eigenvalue weighted by Crippen LogP contribution is -2.40. The quantitative estimate of drug-likeness (QED) is 0.917. The van der Waals surface area contributed by atoms with Crippen molar-refractivity contribution in [3.63, 3.8) is 0 Å². The molecule has 1 aliphatic carbocycles. The fourth-order valence-corrected chi connectivity index (χ4v) is 3.65. The predicted octanol–water partition coefficient (Wildman–Crippen LogP) is 1.71. The van der Waals surface area contributed by atoms with Gasteiger partial charge in [-0.05, 0) is 45.7 Å². The topological polar surface area (TPSA) is 50.3 Å². The third kappa shape index (κ3) is 2.42. The number of ether oxygens (including phenoxy) is 1. The minimum absolute atomic E-state index is 0.0754. The molecular weight excluding hydrogens is 264 g/mol. The van der Waals surface area contributed by atoms with Gasteiger partial charge in [0.2, 0.25) is 5.95 Å². The molecular formula is C16H24N4O. The molecule has 4 rings (SSSR count). The molecule has 1 saturated carbocycles. The molecule has 0 radical (unpaired) electrons. The number of aromatic nitrogens is 2. The van der Waals surface area contributed by atoms with Crippen LogP contribution in [-0.4, -0.2) is 48.2 Å². The van der Waals surface area contributed by atoms with E-state index in [0.717, 1.165) is 50.2 Å². The first kappa shape index (κ1) is 13.5. The van der Waals surface area contributed by atoms with Gasteiger partial charge in [-0.15, -0.1) is 0 Å². The molecule has 3 aliphatic rings. The van der Waals surface area contributed by atoms with E-state index < -0.39 is 0 Å². The van der Waals surface area contributed by atoms with Crippen LogP contribution in [0.15, 0.2) is 0 Å². The van der Waals surface area contributed by atoms with Crippen LogP contribution >= 0.6 is 0 Å². The van der Waals surface area contributed by atoms with Crippen molar-refractivity contribution in [3.05, 3.63) is 17.0 Å². The van der Waals surface area contributed by atoms with Crippen LogP contribution in [0.1, 0.15) is 36.2 Å². The van der Waals surface area contributed by atoms with E-state index >= 15 is 0 Å². The highest BCUT2D eigenvalue weighted by Crippen LogP contribution is 2.39. The summed E-state index contributed by atoms with van der Waals surface area (Å²) in [4.78, 5) is 11.9. The number of nitrogens with one attached hydrogen (secondary N) is 1. The largest absolute Gasteiger partial charge is 0.376 e. The van der Waals surface area contributed by atoms with Crippen molar-refractivity contribution in [2.75, 3.05) is 38.6 Å². The number of rotatable bonds is 3. The molecule has 2 fully saturated rings. The summed E-state index contributed by atoms with van der Waals surface area (Å²) in [5, 5.41) is 3.44. The zero-order chi connectivity index (χ0) is 14.4. The van der Waals surface area contributed by atoms with E-state index in [1.807, 2.05) is 0 Å². The van der Waals surface area contributed by atoms with Gasteiger partial charge in [0.25, 0.3) is 0 Å². The molecule has 1 atom stereocenters. The highest BCUT2D eigenvalue weighted by atomic mass is 16.5. The summed E-state index contributed by atoms with van der Waals surface area (Å²) in [7, 11) is 2.18. The summed E-state index contributed by atoms with van der Waals surface area (Å²) < 4.78 is 5.88. The average Bonchev–Trinajstić information content (AvgIpc) is 3.22. The molecule has 1 aromatic rings. The molecule has 3 heterocycles. The van der Waals surface area contributed by atoms with E-state index in [9.17, 15) is 0 Å². The molecule has 0 aromatic carbocycles. The van der Waals surface area contributed by atoms with E-state index in [0.29, 0.717) is 6.61 Å². The van der Waals surface area contributed by atoms with E-state index in [-0.39, 0.29) is 5.41 Å². The van der Waals surface area contributed by atoms with Crippen LogP contribution in [0.2, 0.25) is 0 Å². The molecule has 2 aliphatic heterocycles. The van der Waals surface area contributed by atoms with Crippen LogP contribution in [0.4, 0.5) is 5.95 Å². The lowest BCUT2D eigenvalue weighted by atomic mass is 9.80. The maximum atomic E-state index is 5.88. The number of anilines is 1. The van der Waals surface area contributed by atoms with E-state index in [4.69, 9.17) is 9.72 Å². The fraction of sp³-hybridized carbons (Fsp3) is 0.750. The van der Waals surface area contributed by atoms with E-state index in [2.05, 4.69) is 29.2 Å². The zero-order valence-corrected chi connectivity index (χ0v) is 13.0. The second-order valence-electron chi connectivity index (χ2n) is 7.04. The van der Waals surface area contributed by atoms with Crippen molar-refractivity contribution < 1.29 is 4.74 Å². The van der Waals surface area contributed by atoms with Crippen molar-refractivity contribution in [3.8, 4) is 0 Å². The summed E-state index contributed by atoms with van der Waals surface area (Å²) in [6, 6.07) is 0. The Labute approximate surface area is 126 Å². The number of fused-ring (bicyclic) bond motifs is 2. The lowest BCUT2D eigenvalue weighted by molar-refractivity contribution is 0.0512. The monoisotopic (exact) mass is 288 g/mol. The van der Waals surface area contributed by atoms with Crippen LogP contribution in [0.5, 0.6) is 0 Å². The second-order valence-corrected chi connectivity index (χ2v) is 7.04. The molecule has 5 heteroatoms. The van der Waals surface area contributed by atoms with Gasteiger partial charge in [-0.25, -0.2) is 9.97 Å². The van der Waals surface area contributed by atoms with Crippen molar-refractivity contribution >= 4 is 5.95 Å². The Morgan fingerprint density at radius 1 is 1.38 bits per heavy atom. The molecule has 0 bridgehead atoms. The Morgan fingerprint density at radius 2 is 2.24 bits per heavy atom. The average molecular weight is 288 g/mol. The first-order valence-electron chi connectivity index (χ1n) is 8.04. The molecule has 114 valence electrons. The number of likely N-dealkylation sites (tertiary alicyclic amines) is 1. The minimum Gasteiger partial charge on any atom is -0.376 e. The highest BCUT2D eigenvalue weighted by molar-refractivity contribution is 5.40. The smallest absolute Gasteiger partial charge is 0.223 e. The van der Waals surface area contributed by atoms with Gasteiger partial charge in [-0.1, -0.05) is 0 Å². The Hall–Kier alpha value is -1.20. The minimum atomic E-state index is 0.0754. The normalized spacial score (nSPS) is 28.9. The highest BCUT2D eigenvalue weighted by Gasteiger charge is 2.44. The van der Waals surface area contributed by atoms with Gasteiger partial charge in [-0.3, -0.25) is 0 Å². The maximum absolute atomic E-state index is 5.88. The maximum Gasteiger partial charge on any atom is 0.223 e. The van der Waals surface area contributed by atoms with E-state index in [1.165, 1.54) is 24.1 Å². The molecule has 5 nitrogen and oxygen atoms in total. The van der Waals surface area contributed by atoms with Crippen LogP contribution in [-0.2, 0) is 16.8 Å². The fourth-order valence-electron chi connectivity index (χ4n) is 3.65. The summed E-state index contributed by atoms with van der Waals surface area (Å²) >= 11 is 0. The van der Waals surface area contributed by atoms with Crippen molar-refractivity contribution in [1.82, 2.24) is 14.9 Å². The molecule has 1 aromatic heterocycles. The van der Waals surface area contributed by atoms with Crippen LogP contribution in [0.25, 0.3) is 0 Å². The van der Waals surface area contributed by atoms with Crippen molar-refractivity contribution in [2.24, 2.45) is 5.92 Å². The van der Waals surface area contributed by atoms with Crippen LogP contribution in [0.3, 0.4) is 0 Å². The van der Waals surface area contributed by atoms with Gasteiger partial charge >= 0.3 is 0 Å². The second kappa shape index (κ2) is 4.92. The molecule has 1 saturated heterocycles. The number of aryl methyl sites for hydroxylation is 1. The third-order valence-electron chi connectivity index (χ3n) is 5.13. The SMILES string of the molecule is Cc1nc(NCC2CC2)nc2c1COC[C@]21CCN(C)C1. The van der Waals surface area contributed by atoms with Gasteiger partial charge < -0.3 is 15.0 Å². The Kier molecular flexibility index (Phi) is 3.15. The van der Waals surface area contributed by atoms with Crippen molar-refractivity contribution in [2.45, 2.75) is 38.2 Å². The number of nitrogens with zero attached hydrogens (tertiary/aromatic N) is 3. The lowest BCUT2D eigenvalue weighted by Gasteiger charge is -2.35. The molecule has 0 amide bonds. The van der Waals surface area contributed by atoms with Crippen molar-refractivity contribution in [1.29, 1.82) is 0 Å². The molecule has 0 unspecified atom stereocenters. The molecule has 1 spiro atoms. The first-order chi connectivity index (χ1) is 10.2. The van der Waals surface area contributed by atoms with Crippen LogP contribution in [0, 0.1) is 12.8 Å². The molecule has 1 N–H and O–H groups in total. The van der Waals surface area contributed by atoms with Gasteiger partial charge in [0.1, 0.15) is 0 Å². The summed E-state index contributed by atoms with van der Waals surface area (Å²) in [6.45, 7) is 6.72. The Balaban J connectivity index is 1.68. The number of likely N-dealkylation sites (N-methyl/N-ethyl adjacent to an activating group) is 1. The van der Waals surface area contributed by atoms with Gasteiger partial charge in [-0.2, -0.15) is 0 Å². The summed E-state index contributed by atoms with van der Waals surface area (Å²) in [6.07, 6.45) is 3.83. The number of hydrogen-bond acceptors (Lipinski definition) is 5. The Bertz CT molecular complexity index is 557. The van der Waals surface area contributed by atoms with Crippen LogP contribution < -0.4 is 5.32 Å². The summed E-state index contributed by atoms with van der Waals surface area (Å²) in [5.74, 6) is 1.65. The van der Waals surface area contributed by atoms with Gasteiger partial charge in [0.15, 0.2) is 0 Å². The summed E-state index contributed by atoms with van der Waals surface area (Å²) in [5.41, 5.74) is 3.61. The Morgan fingerprint density at radius 3 is 2.95 bits per heavy atom. The first-order valence-corrected chi connectivity index (χ1v) is 8.04. The zero-order valence-electron chi connectivity index (χ0n) is 13.0. The van der Waals surface area contributed by atoms with Gasteiger partial charge in [0.05, 0.1) is 24.3 Å². The third-order valence-corrected chi connectivity index (χ3v) is 5.13. The standard InChI is InChI=1S/C16H24N4O/c1-11-13-8-21-10-16(5-6-20(2)9-16)14(13)19-15(18-11)17-7-12-3-4-12/h12H,3-10H2,1-2H3,(H,17,18,19)/t16-/m1/s1. The molecule has 21 heavy (non-hydrogen) atoms. The van der Waals surface area contributed by atoms with Gasteiger partial charge in [0, 0.05) is 24.3 Å².